The van der Waals surface area contributed by atoms with Gasteiger partial charge in [0.2, 0.25) is 0 Å². The van der Waals surface area contributed by atoms with Gasteiger partial charge in [0.1, 0.15) is 5.25 Å². The van der Waals surface area contributed by atoms with Gasteiger partial charge in [-0.2, -0.15) is 8.42 Å². The van der Waals surface area contributed by atoms with Gasteiger partial charge in [-0.25, -0.2) is 0 Å². The van der Waals surface area contributed by atoms with Crippen molar-refractivity contribution in [3.63, 3.8) is 0 Å². The van der Waals surface area contributed by atoms with Crippen molar-refractivity contribution in [2.24, 2.45) is 0 Å². The fourth-order valence-electron chi connectivity index (χ4n) is 2.33. The maximum absolute atomic E-state index is 11.5. The van der Waals surface area contributed by atoms with E-state index in [0.717, 1.165) is 25.5 Å². The van der Waals surface area contributed by atoms with Crippen molar-refractivity contribution in [1.82, 2.24) is 0 Å². The number of hydrogen-bond donors (Lipinski definition) is 1. The summed E-state index contributed by atoms with van der Waals surface area (Å²) in [4.78, 5) is 0. The van der Waals surface area contributed by atoms with Crippen molar-refractivity contribution in [3.8, 4) is 0 Å². The molecular weight excluding hydrogens is 268 g/mol. The van der Waals surface area contributed by atoms with Gasteiger partial charge in [0.15, 0.2) is 9.04 Å². The molecule has 1 heterocycles. The minimum atomic E-state index is -4.06. The fraction of sp³-hybridized carbons (Fsp3) is 0.500. The Morgan fingerprint density at radius 1 is 1.28 bits per heavy atom. The van der Waals surface area contributed by atoms with Crippen molar-refractivity contribution in [2.75, 3.05) is 6.61 Å². The molecule has 2 atom stereocenters. The van der Waals surface area contributed by atoms with Gasteiger partial charge in [0, 0.05) is 6.61 Å². The lowest BCUT2D eigenvalue weighted by Gasteiger charge is -2.24. The maximum Gasteiger partial charge on any atom is 0.271 e. The third-order valence-electron chi connectivity index (χ3n) is 3.28. The summed E-state index contributed by atoms with van der Waals surface area (Å²) in [7, 11) is -5.56. The van der Waals surface area contributed by atoms with Crippen LogP contribution in [0.3, 0.4) is 0 Å². The predicted molar refractivity (Wildman–Crippen MR) is 72.7 cm³/mol. The molecule has 1 aliphatic rings. The van der Waals surface area contributed by atoms with Crippen LogP contribution in [0.25, 0.3) is 0 Å². The highest BCUT2D eigenvalue weighted by molar-refractivity contribution is 7.86. The lowest BCUT2D eigenvalue weighted by Crippen LogP contribution is -2.27. The Balaban J connectivity index is 2.16. The van der Waals surface area contributed by atoms with Crippen LogP contribution in [0.1, 0.15) is 23.7 Å². The number of benzene rings is 1. The van der Waals surface area contributed by atoms with Crippen LogP contribution >= 0.6 is 0 Å². The van der Waals surface area contributed by atoms with Crippen LogP contribution in [0.2, 0.25) is 12.1 Å². The monoisotopic (exact) mass is 286 g/mol. The molecule has 4 nitrogen and oxygen atoms in total. The molecule has 2 unspecified atom stereocenters. The molecule has 1 aliphatic heterocycles. The highest BCUT2D eigenvalue weighted by Gasteiger charge is 2.30. The van der Waals surface area contributed by atoms with Gasteiger partial charge in [-0.05, 0) is 24.1 Å². The first-order valence-corrected chi connectivity index (χ1v) is 9.81. The van der Waals surface area contributed by atoms with Crippen LogP contribution in [-0.2, 0) is 14.5 Å². The van der Waals surface area contributed by atoms with Crippen LogP contribution in [0.15, 0.2) is 30.3 Å². The second kappa shape index (κ2) is 5.97. The number of hydrogen-bond acceptors (Lipinski definition) is 3. The largest absolute Gasteiger partial charge is 0.420 e. The third kappa shape index (κ3) is 3.65. The lowest BCUT2D eigenvalue weighted by molar-refractivity contribution is 0.285. The fourth-order valence-corrected chi connectivity index (χ4v) is 6.98. The van der Waals surface area contributed by atoms with E-state index >= 15 is 0 Å². The minimum absolute atomic E-state index is 0.461. The first-order chi connectivity index (χ1) is 8.57. The zero-order chi connectivity index (χ0) is 13.0. The summed E-state index contributed by atoms with van der Waals surface area (Å²) >= 11 is 0. The molecule has 0 bridgehead atoms. The summed E-state index contributed by atoms with van der Waals surface area (Å²) in [5.41, 5.74) is 0.654. The van der Waals surface area contributed by atoms with E-state index in [0.29, 0.717) is 11.6 Å². The zero-order valence-corrected chi connectivity index (χ0v) is 12.1. The van der Waals surface area contributed by atoms with Gasteiger partial charge in [0.25, 0.3) is 10.1 Å². The van der Waals surface area contributed by atoms with Crippen molar-refractivity contribution < 1.29 is 17.4 Å². The zero-order valence-electron chi connectivity index (χ0n) is 10.2. The Kier molecular flexibility index (Phi) is 4.55. The van der Waals surface area contributed by atoms with E-state index in [1.54, 1.807) is 24.3 Å². The Morgan fingerprint density at radius 3 is 2.56 bits per heavy atom. The molecule has 1 aromatic rings. The Hall–Kier alpha value is -0.693. The van der Waals surface area contributed by atoms with Gasteiger partial charge in [0.05, 0.1) is 0 Å². The predicted octanol–water partition coefficient (Wildman–Crippen LogP) is 2.15. The molecule has 6 heteroatoms. The van der Waals surface area contributed by atoms with Crippen molar-refractivity contribution in [2.45, 2.75) is 30.2 Å². The minimum Gasteiger partial charge on any atom is -0.420 e. The SMILES string of the molecule is O=S(=O)(O)C(C[SiH]1CCCCO1)c1ccccc1. The molecule has 0 radical (unpaired) electrons. The van der Waals surface area contributed by atoms with E-state index in [9.17, 15) is 13.0 Å². The van der Waals surface area contributed by atoms with Gasteiger partial charge in [-0.15, -0.1) is 0 Å². The topological polar surface area (TPSA) is 63.6 Å². The average Bonchev–Trinajstić information content (AvgIpc) is 2.37. The maximum atomic E-state index is 11.5. The quantitative estimate of drug-likeness (QED) is 0.680. The summed E-state index contributed by atoms with van der Waals surface area (Å²) in [6.07, 6.45) is 2.18. The smallest absolute Gasteiger partial charge is 0.271 e. The molecule has 0 aliphatic carbocycles. The Bertz CT molecular complexity index is 468. The average molecular weight is 286 g/mol. The van der Waals surface area contributed by atoms with Crippen LogP contribution in [-0.4, -0.2) is 28.6 Å². The molecule has 0 spiro atoms. The molecule has 0 saturated carbocycles. The van der Waals surface area contributed by atoms with Gasteiger partial charge in [-0.3, -0.25) is 4.55 Å². The Morgan fingerprint density at radius 2 is 2.00 bits per heavy atom. The van der Waals surface area contributed by atoms with Crippen LogP contribution < -0.4 is 0 Å². The second-order valence-electron chi connectivity index (χ2n) is 4.64. The molecule has 0 amide bonds. The first kappa shape index (κ1) is 13.7. The summed E-state index contributed by atoms with van der Waals surface area (Å²) in [6, 6.07) is 10.4. The number of rotatable bonds is 4. The van der Waals surface area contributed by atoms with E-state index in [1.165, 1.54) is 0 Å². The van der Waals surface area contributed by atoms with Gasteiger partial charge < -0.3 is 4.43 Å². The molecule has 1 N–H and O–H groups in total. The van der Waals surface area contributed by atoms with E-state index in [-0.39, 0.29) is 0 Å². The lowest BCUT2D eigenvalue weighted by atomic mass is 10.2. The molecule has 2 rings (SSSR count). The normalized spacial score (nSPS) is 22.6. The van der Waals surface area contributed by atoms with Gasteiger partial charge in [-0.1, -0.05) is 36.8 Å². The molecule has 1 fully saturated rings. The Labute approximate surface area is 109 Å². The van der Waals surface area contributed by atoms with Crippen LogP contribution in [0.4, 0.5) is 0 Å². The van der Waals surface area contributed by atoms with E-state index < -0.39 is 24.4 Å². The van der Waals surface area contributed by atoms with Crippen LogP contribution in [0.5, 0.6) is 0 Å². The summed E-state index contributed by atoms with van der Waals surface area (Å²) < 4.78 is 38.1. The first-order valence-electron chi connectivity index (χ1n) is 6.20. The molecule has 18 heavy (non-hydrogen) atoms. The highest BCUT2D eigenvalue weighted by Crippen LogP contribution is 2.30. The molecule has 0 aromatic heterocycles. The second-order valence-corrected chi connectivity index (χ2v) is 8.86. The highest BCUT2D eigenvalue weighted by atomic mass is 32.2. The summed E-state index contributed by atoms with van der Waals surface area (Å²) in [5, 5.41) is -0.825. The van der Waals surface area contributed by atoms with E-state index in [1.807, 2.05) is 6.07 Å². The van der Waals surface area contributed by atoms with Gasteiger partial charge >= 0.3 is 0 Å². The van der Waals surface area contributed by atoms with E-state index in [2.05, 4.69) is 0 Å². The van der Waals surface area contributed by atoms with E-state index in [4.69, 9.17) is 4.43 Å². The molecular formula is C12H18O4SSi. The van der Waals surface area contributed by atoms with Crippen LogP contribution in [0, 0.1) is 0 Å². The summed E-state index contributed by atoms with van der Waals surface area (Å²) in [5.74, 6) is 0. The van der Waals surface area contributed by atoms with Crippen molar-refractivity contribution in [3.05, 3.63) is 35.9 Å². The molecule has 1 saturated heterocycles. The summed E-state index contributed by atoms with van der Waals surface area (Å²) in [6.45, 7) is 0.740. The van der Waals surface area contributed by atoms with Crippen molar-refractivity contribution in [1.29, 1.82) is 0 Å². The molecule has 100 valence electrons. The molecule has 1 aromatic carbocycles. The standard InChI is InChI=1S/C12H18O4SSi/c13-17(14,15)12(11-6-2-1-3-7-11)10-18-9-5-4-8-16-18/h1-3,6-7,12,18H,4-5,8-10H2,(H,13,14,15). The van der Waals surface area contributed by atoms with Crippen molar-refractivity contribution >= 4 is 19.2 Å². The third-order valence-corrected chi connectivity index (χ3v) is 7.56.